The molecule has 1 N–H and O–H groups in total. The lowest BCUT2D eigenvalue weighted by molar-refractivity contribution is 0.0285. The van der Waals surface area contributed by atoms with Crippen molar-refractivity contribution in [3.63, 3.8) is 0 Å². The molecule has 0 atom stereocenters. The minimum atomic E-state index is -0.930. The van der Waals surface area contributed by atoms with E-state index in [0.717, 1.165) is 0 Å². The predicted octanol–water partition coefficient (Wildman–Crippen LogP) is 2.30. The van der Waals surface area contributed by atoms with Gasteiger partial charge in [-0.15, -0.1) is 0 Å². The van der Waals surface area contributed by atoms with Crippen LogP contribution in [-0.4, -0.2) is 23.6 Å². The molecule has 0 fully saturated rings. The number of rotatable bonds is 4. The highest BCUT2D eigenvalue weighted by Crippen LogP contribution is 2.27. The number of benzene rings is 1. The van der Waals surface area contributed by atoms with Gasteiger partial charge in [-0.05, 0) is 26.0 Å². The first-order valence-corrected chi connectivity index (χ1v) is 4.91. The first kappa shape index (κ1) is 12.0. The zero-order chi connectivity index (χ0) is 11.5. The Labute approximate surface area is 93.6 Å². The summed E-state index contributed by atoms with van der Waals surface area (Å²) in [5, 5.41) is 9.73. The minimum Gasteiger partial charge on any atom is -0.489 e. The summed E-state index contributed by atoms with van der Waals surface area (Å²) in [6.07, 6.45) is 0.666. The van der Waals surface area contributed by atoms with E-state index in [9.17, 15) is 9.90 Å². The Bertz CT molecular complexity index is 355. The average Bonchev–Trinajstić information content (AvgIpc) is 2.15. The first-order valence-electron chi connectivity index (χ1n) is 4.53. The van der Waals surface area contributed by atoms with Gasteiger partial charge in [0.2, 0.25) is 0 Å². The standard InChI is InChI=1S/C11H13ClO3/c1-11(2,14)7-15-9-5-3-4-8(6-13)10(9)12/h3-6,14H,7H2,1-2H3. The lowest BCUT2D eigenvalue weighted by Gasteiger charge is -2.18. The third kappa shape index (κ3) is 3.53. The number of aldehydes is 1. The van der Waals surface area contributed by atoms with E-state index in [2.05, 4.69) is 0 Å². The van der Waals surface area contributed by atoms with E-state index < -0.39 is 5.60 Å². The van der Waals surface area contributed by atoms with Crippen LogP contribution in [0.1, 0.15) is 24.2 Å². The summed E-state index contributed by atoms with van der Waals surface area (Å²) in [6.45, 7) is 3.38. The van der Waals surface area contributed by atoms with Crippen molar-refractivity contribution in [1.29, 1.82) is 0 Å². The molecule has 0 spiro atoms. The predicted molar refractivity (Wildman–Crippen MR) is 58.6 cm³/mol. The van der Waals surface area contributed by atoms with Crippen LogP contribution in [0.5, 0.6) is 5.75 Å². The number of carbonyl (C=O) groups excluding carboxylic acids is 1. The van der Waals surface area contributed by atoms with Crippen molar-refractivity contribution in [2.24, 2.45) is 0 Å². The van der Waals surface area contributed by atoms with Gasteiger partial charge in [0.1, 0.15) is 12.4 Å². The number of aliphatic hydroxyl groups is 1. The molecule has 0 amide bonds. The third-order valence-electron chi connectivity index (χ3n) is 1.70. The van der Waals surface area contributed by atoms with Crippen LogP contribution in [0.2, 0.25) is 5.02 Å². The normalized spacial score (nSPS) is 11.2. The molecule has 0 unspecified atom stereocenters. The second kappa shape index (κ2) is 4.64. The molecule has 4 heteroatoms. The fourth-order valence-electron chi connectivity index (χ4n) is 0.985. The SMILES string of the molecule is CC(C)(O)COc1cccc(C=O)c1Cl. The highest BCUT2D eigenvalue weighted by molar-refractivity contribution is 6.34. The number of hydrogen-bond donors (Lipinski definition) is 1. The van der Waals surface area contributed by atoms with Gasteiger partial charge in [0.15, 0.2) is 6.29 Å². The first-order chi connectivity index (χ1) is 6.94. The summed E-state index contributed by atoms with van der Waals surface area (Å²) in [5.41, 5.74) is -0.550. The molecule has 1 aromatic rings. The van der Waals surface area contributed by atoms with Gasteiger partial charge >= 0.3 is 0 Å². The van der Waals surface area contributed by atoms with Gasteiger partial charge in [-0.25, -0.2) is 0 Å². The zero-order valence-electron chi connectivity index (χ0n) is 8.66. The maximum atomic E-state index is 10.6. The van der Waals surface area contributed by atoms with Crippen LogP contribution in [0.3, 0.4) is 0 Å². The Morgan fingerprint density at radius 3 is 2.73 bits per heavy atom. The minimum absolute atomic E-state index is 0.120. The molecule has 15 heavy (non-hydrogen) atoms. The molecule has 0 saturated heterocycles. The van der Waals surface area contributed by atoms with E-state index in [-0.39, 0.29) is 11.6 Å². The van der Waals surface area contributed by atoms with E-state index >= 15 is 0 Å². The van der Waals surface area contributed by atoms with Gasteiger partial charge < -0.3 is 9.84 Å². The quantitative estimate of drug-likeness (QED) is 0.805. The smallest absolute Gasteiger partial charge is 0.151 e. The Hall–Kier alpha value is -1.06. The topological polar surface area (TPSA) is 46.5 Å². The fraction of sp³-hybridized carbons (Fsp3) is 0.364. The number of carbonyl (C=O) groups is 1. The molecule has 1 aromatic carbocycles. The molecular formula is C11H13ClO3. The van der Waals surface area contributed by atoms with Crippen molar-refractivity contribution in [3.8, 4) is 5.75 Å². The molecule has 0 aliphatic rings. The van der Waals surface area contributed by atoms with Crippen molar-refractivity contribution in [1.82, 2.24) is 0 Å². The van der Waals surface area contributed by atoms with Gasteiger partial charge in [-0.3, -0.25) is 4.79 Å². The van der Waals surface area contributed by atoms with Crippen molar-refractivity contribution >= 4 is 17.9 Å². The average molecular weight is 229 g/mol. The van der Waals surface area contributed by atoms with Crippen LogP contribution in [0, 0.1) is 0 Å². The van der Waals surface area contributed by atoms with Crippen molar-refractivity contribution < 1.29 is 14.6 Å². The van der Waals surface area contributed by atoms with Crippen molar-refractivity contribution in [2.45, 2.75) is 19.4 Å². The number of halogens is 1. The highest BCUT2D eigenvalue weighted by atomic mass is 35.5. The molecular weight excluding hydrogens is 216 g/mol. The van der Waals surface area contributed by atoms with E-state index in [1.165, 1.54) is 0 Å². The van der Waals surface area contributed by atoms with Gasteiger partial charge in [-0.2, -0.15) is 0 Å². The molecule has 82 valence electrons. The van der Waals surface area contributed by atoms with E-state index in [1.54, 1.807) is 32.0 Å². The molecule has 0 aliphatic carbocycles. The Morgan fingerprint density at radius 2 is 2.20 bits per heavy atom. The Morgan fingerprint density at radius 1 is 1.53 bits per heavy atom. The zero-order valence-corrected chi connectivity index (χ0v) is 9.41. The molecule has 0 bridgehead atoms. The third-order valence-corrected chi connectivity index (χ3v) is 2.11. The summed E-state index contributed by atoms with van der Waals surface area (Å²) in [7, 11) is 0. The summed E-state index contributed by atoms with van der Waals surface area (Å²) >= 11 is 5.90. The van der Waals surface area contributed by atoms with Gasteiger partial charge in [0.25, 0.3) is 0 Å². The van der Waals surface area contributed by atoms with Gasteiger partial charge in [0, 0.05) is 5.56 Å². The van der Waals surface area contributed by atoms with E-state index in [4.69, 9.17) is 16.3 Å². The summed E-state index contributed by atoms with van der Waals surface area (Å²) in [4.78, 5) is 10.6. The van der Waals surface area contributed by atoms with Crippen LogP contribution in [-0.2, 0) is 0 Å². The summed E-state index contributed by atoms with van der Waals surface area (Å²) in [5.74, 6) is 0.406. The molecule has 3 nitrogen and oxygen atoms in total. The number of hydrogen-bond acceptors (Lipinski definition) is 3. The highest BCUT2D eigenvalue weighted by Gasteiger charge is 2.15. The fourth-order valence-corrected chi connectivity index (χ4v) is 1.21. The van der Waals surface area contributed by atoms with Gasteiger partial charge in [0.05, 0.1) is 10.6 Å². The maximum absolute atomic E-state index is 10.6. The lowest BCUT2D eigenvalue weighted by atomic mass is 10.1. The van der Waals surface area contributed by atoms with E-state index in [1.807, 2.05) is 0 Å². The largest absolute Gasteiger partial charge is 0.489 e. The monoisotopic (exact) mass is 228 g/mol. The summed E-state index contributed by atoms with van der Waals surface area (Å²) in [6, 6.07) is 4.93. The van der Waals surface area contributed by atoms with Crippen LogP contribution in [0.15, 0.2) is 18.2 Å². The van der Waals surface area contributed by atoms with Crippen LogP contribution in [0.4, 0.5) is 0 Å². The Kier molecular flexibility index (Phi) is 3.72. The second-order valence-electron chi connectivity index (χ2n) is 3.88. The van der Waals surface area contributed by atoms with E-state index in [0.29, 0.717) is 17.6 Å². The summed E-state index contributed by atoms with van der Waals surface area (Å²) < 4.78 is 5.30. The lowest BCUT2D eigenvalue weighted by Crippen LogP contribution is -2.27. The molecule has 0 heterocycles. The second-order valence-corrected chi connectivity index (χ2v) is 4.26. The van der Waals surface area contributed by atoms with Crippen LogP contribution >= 0.6 is 11.6 Å². The van der Waals surface area contributed by atoms with Crippen LogP contribution < -0.4 is 4.74 Å². The van der Waals surface area contributed by atoms with Crippen molar-refractivity contribution in [3.05, 3.63) is 28.8 Å². The Balaban J connectivity index is 2.82. The molecule has 0 saturated carbocycles. The maximum Gasteiger partial charge on any atom is 0.151 e. The molecule has 0 aliphatic heterocycles. The number of ether oxygens (including phenoxy) is 1. The van der Waals surface area contributed by atoms with Crippen molar-refractivity contribution in [2.75, 3.05) is 6.61 Å². The van der Waals surface area contributed by atoms with Gasteiger partial charge in [-0.1, -0.05) is 17.7 Å². The van der Waals surface area contributed by atoms with Crippen LogP contribution in [0.25, 0.3) is 0 Å². The molecule has 1 rings (SSSR count). The molecule has 0 aromatic heterocycles. The molecule has 0 radical (unpaired) electrons.